The van der Waals surface area contributed by atoms with Gasteiger partial charge in [-0.1, -0.05) is 36.4 Å². The molecule has 0 bridgehead atoms. The minimum atomic E-state index is -6.42. The number of benzene rings is 3. The molecule has 3 aromatic rings. The topological polar surface area (TPSA) is 47.6 Å². The van der Waals surface area contributed by atoms with Crippen LogP contribution in [0, 0.1) is 11.6 Å². The Morgan fingerprint density at radius 2 is 1.47 bits per heavy atom. The van der Waals surface area contributed by atoms with Crippen molar-refractivity contribution in [2.75, 3.05) is 0 Å². The summed E-state index contributed by atoms with van der Waals surface area (Å²) in [5.74, 6) is -13.4. The average Bonchev–Trinajstić information content (AvgIpc) is 2.88. The number of hydrogen-bond donors (Lipinski definition) is 1. The molecular weight excluding hydrogens is 607 g/mol. The second-order valence-electron chi connectivity index (χ2n) is 9.55. The zero-order valence-corrected chi connectivity index (χ0v) is 22.1. The van der Waals surface area contributed by atoms with Crippen LogP contribution >= 0.6 is 0 Å². The highest BCUT2D eigenvalue weighted by atomic mass is 19.4. The zero-order chi connectivity index (χ0) is 32.4. The van der Waals surface area contributed by atoms with Crippen LogP contribution in [-0.2, 0) is 16.8 Å². The van der Waals surface area contributed by atoms with Gasteiger partial charge in [-0.05, 0) is 54.8 Å². The van der Waals surface area contributed by atoms with Gasteiger partial charge in [0.2, 0.25) is 0 Å². The van der Waals surface area contributed by atoms with Gasteiger partial charge in [-0.2, -0.15) is 39.5 Å². The summed E-state index contributed by atoms with van der Waals surface area (Å²) in [5.41, 5.74) is -3.89. The Labute approximate surface area is 237 Å². The average molecular weight is 629 g/mol. The second-order valence-corrected chi connectivity index (χ2v) is 9.55. The van der Waals surface area contributed by atoms with E-state index < -0.39 is 82.9 Å². The van der Waals surface area contributed by atoms with Crippen molar-refractivity contribution in [3.05, 3.63) is 95.1 Å². The van der Waals surface area contributed by atoms with Gasteiger partial charge in [-0.25, -0.2) is 8.78 Å². The maximum absolute atomic E-state index is 14.8. The molecule has 0 aliphatic heterocycles. The number of carbonyl (C=O) groups is 1. The lowest BCUT2D eigenvalue weighted by Crippen LogP contribution is -2.58. The summed E-state index contributed by atoms with van der Waals surface area (Å²) in [7, 11) is 0. The zero-order valence-electron chi connectivity index (χ0n) is 22.1. The maximum Gasteiger partial charge on any atom is 0.463 e. The second kappa shape index (κ2) is 12.3. The number of alkyl halides is 9. The van der Waals surface area contributed by atoms with E-state index in [0.717, 1.165) is 12.1 Å². The van der Waals surface area contributed by atoms with Crippen LogP contribution in [0.2, 0.25) is 0 Å². The molecule has 3 rings (SSSR count). The van der Waals surface area contributed by atoms with Crippen LogP contribution in [0.1, 0.15) is 30.5 Å². The molecule has 0 saturated carbocycles. The third-order valence-electron chi connectivity index (χ3n) is 5.94. The number of nitrogens with one attached hydrogen (secondary N) is 1. The first-order chi connectivity index (χ1) is 19.8. The Balaban J connectivity index is 2.40. The van der Waals surface area contributed by atoms with E-state index in [9.17, 15) is 53.1 Å². The molecular formula is C28H22F11NO3. The molecule has 0 heterocycles. The van der Waals surface area contributed by atoms with Crippen molar-refractivity contribution in [2.24, 2.45) is 0 Å². The predicted octanol–water partition coefficient (Wildman–Crippen LogP) is 7.79. The summed E-state index contributed by atoms with van der Waals surface area (Å²) in [6.45, 7) is 2.93. The van der Waals surface area contributed by atoms with Gasteiger partial charge in [0.1, 0.15) is 11.6 Å². The molecule has 4 nitrogen and oxygen atoms in total. The van der Waals surface area contributed by atoms with Crippen molar-refractivity contribution in [3.63, 3.8) is 0 Å². The quantitative estimate of drug-likeness (QED) is 0.221. The Kier molecular flexibility index (Phi) is 9.56. The minimum absolute atomic E-state index is 0.110. The van der Waals surface area contributed by atoms with E-state index in [-0.39, 0.29) is 11.6 Å². The van der Waals surface area contributed by atoms with Gasteiger partial charge in [0, 0.05) is 12.5 Å². The van der Waals surface area contributed by atoms with Crippen molar-refractivity contribution in [3.8, 4) is 11.5 Å². The minimum Gasteiger partial charge on any atom is -0.488 e. The highest BCUT2D eigenvalue weighted by Gasteiger charge is 2.64. The van der Waals surface area contributed by atoms with Crippen molar-refractivity contribution in [1.82, 2.24) is 5.32 Å². The lowest BCUT2D eigenvalue weighted by Gasteiger charge is -2.38. The predicted molar refractivity (Wildman–Crippen MR) is 130 cm³/mol. The molecule has 15 heteroatoms. The highest BCUT2D eigenvalue weighted by Crippen LogP contribution is 2.42. The van der Waals surface area contributed by atoms with E-state index in [1.807, 2.05) is 0 Å². The van der Waals surface area contributed by atoms with Crippen LogP contribution in [0.4, 0.5) is 48.3 Å². The molecule has 1 amide bonds. The molecule has 0 aliphatic rings. The molecule has 1 unspecified atom stereocenters. The van der Waals surface area contributed by atoms with Gasteiger partial charge in [0.25, 0.3) is 0 Å². The summed E-state index contributed by atoms with van der Waals surface area (Å²) in [6, 6.07) is 10.5. The van der Waals surface area contributed by atoms with Gasteiger partial charge >= 0.3 is 30.5 Å². The molecule has 0 spiro atoms. The third-order valence-corrected chi connectivity index (χ3v) is 5.94. The van der Waals surface area contributed by atoms with Crippen LogP contribution in [0.25, 0.3) is 0 Å². The van der Waals surface area contributed by atoms with Crippen molar-refractivity contribution < 1.29 is 62.6 Å². The Hall–Kier alpha value is -4.04. The number of amides is 1. The van der Waals surface area contributed by atoms with E-state index in [0.29, 0.717) is 18.2 Å². The van der Waals surface area contributed by atoms with Crippen LogP contribution < -0.4 is 14.8 Å². The largest absolute Gasteiger partial charge is 0.488 e. The fraction of sp³-hybridized carbons (Fsp3) is 0.321. The number of ether oxygens (including phenoxy) is 2. The lowest BCUT2D eigenvalue weighted by atomic mass is 9.77. The summed E-state index contributed by atoms with van der Waals surface area (Å²) in [4.78, 5) is 12.7. The Morgan fingerprint density at radius 3 is 2.02 bits per heavy atom. The first-order valence-corrected chi connectivity index (χ1v) is 12.2. The van der Waals surface area contributed by atoms with Crippen molar-refractivity contribution in [2.45, 2.75) is 56.5 Å². The summed E-state index contributed by atoms with van der Waals surface area (Å²) >= 11 is 0. The van der Waals surface area contributed by atoms with Gasteiger partial charge in [-0.3, -0.25) is 4.79 Å². The van der Waals surface area contributed by atoms with Crippen molar-refractivity contribution in [1.29, 1.82) is 0 Å². The highest BCUT2D eigenvalue weighted by molar-refractivity contribution is 5.86. The van der Waals surface area contributed by atoms with E-state index in [1.54, 1.807) is 5.32 Å². The number of hydrogen-bond acceptors (Lipinski definition) is 3. The molecule has 1 N–H and O–H groups in total. The first kappa shape index (κ1) is 33.5. The smallest absolute Gasteiger partial charge is 0.463 e. The molecule has 0 aliphatic carbocycles. The van der Waals surface area contributed by atoms with Crippen molar-refractivity contribution >= 4 is 5.91 Å². The molecule has 0 fully saturated rings. The molecule has 0 radical (unpaired) electrons. The third kappa shape index (κ3) is 7.49. The van der Waals surface area contributed by atoms with E-state index in [4.69, 9.17) is 4.74 Å². The SMILES string of the molecule is CC(C)Oc1cc(C(Cc2ccccc2)(NC(=O)C(F)(F)C(F)(F)F)c2cc(F)cc(OC(F)(F)C(F)F)c2)ccc1F. The lowest BCUT2D eigenvalue weighted by molar-refractivity contribution is -0.270. The van der Waals surface area contributed by atoms with Crippen LogP contribution in [0.3, 0.4) is 0 Å². The molecule has 0 aromatic heterocycles. The summed E-state index contributed by atoms with van der Waals surface area (Å²) in [5, 5.41) is 1.55. The monoisotopic (exact) mass is 629 g/mol. The molecule has 3 aromatic carbocycles. The summed E-state index contributed by atoms with van der Waals surface area (Å²) in [6.07, 6.45) is -17.5. The Bertz CT molecular complexity index is 1430. The fourth-order valence-electron chi connectivity index (χ4n) is 4.05. The molecule has 43 heavy (non-hydrogen) atoms. The normalized spacial score (nSPS) is 14.0. The van der Waals surface area contributed by atoms with Gasteiger partial charge in [-0.15, -0.1) is 0 Å². The molecule has 234 valence electrons. The van der Waals surface area contributed by atoms with Gasteiger partial charge in [0.05, 0.1) is 11.6 Å². The standard InChI is InChI=1S/C28H22F11NO3/c1-15(2)42-22-12-17(8-9-21(22)30)25(14-16-6-4-3-5-7-16,40-24(41)26(33,34)28(37,38)39)18-10-19(29)13-20(11-18)43-27(35,36)23(31)32/h3-13,15,23H,14H2,1-2H3,(H,40,41). The van der Waals surface area contributed by atoms with Gasteiger partial charge < -0.3 is 14.8 Å². The van der Waals surface area contributed by atoms with Crippen LogP contribution in [0.5, 0.6) is 11.5 Å². The number of rotatable bonds is 11. The van der Waals surface area contributed by atoms with Crippen LogP contribution in [-0.4, -0.2) is 36.6 Å². The molecule has 0 saturated heterocycles. The number of halogens is 11. The van der Waals surface area contributed by atoms with E-state index in [2.05, 4.69) is 4.74 Å². The first-order valence-electron chi connectivity index (χ1n) is 12.2. The maximum atomic E-state index is 14.8. The number of carbonyl (C=O) groups excluding carboxylic acids is 1. The van der Waals surface area contributed by atoms with E-state index >= 15 is 0 Å². The van der Waals surface area contributed by atoms with E-state index in [1.165, 1.54) is 44.2 Å². The fourth-order valence-corrected chi connectivity index (χ4v) is 4.05. The summed E-state index contributed by atoms with van der Waals surface area (Å²) < 4.78 is 160. The van der Waals surface area contributed by atoms with Crippen LogP contribution in [0.15, 0.2) is 66.7 Å². The van der Waals surface area contributed by atoms with Gasteiger partial charge in [0.15, 0.2) is 11.6 Å². The molecule has 1 atom stereocenters. The Morgan fingerprint density at radius 1 is 0.837 bits per heavy atom.